The van der Waals surface area contributed by atoms with Crippen LogP contribution in [0.2, 0.25) is 0 Å². The van der Waals surface area contributed by atoms with Crippen LogP contribution in [-0.4, -0.2) is 42.2 Å². The average Bonchev–Trinajstić information content (AvgIpc) is 3.04. The molecule has 9 heteroatoms. The van der Waals surface area contributed by atoms with Gasteiger partial charge < -0.3 is 24.8 Å². The predicted octanol–water partition coefficient (Wildman–Crippen LogP) is 2.78. The minimum absolute atomic E-state index is 0.0884. The molecule has 0 aliphatic carbocycles. The molecule has 1 atom stereocenters. The molecule has 2 aromatic carbocycles. The number of thiocarbonyl (C=S) groups is 1. The molecule has 1 heterocycles. The smallest absolute Gasteiger partial charge is 0.262 e. The van der Waals surface area contributed by atoms with Crippen molar-refractivity contribution >= 4 is 45.8 Å². The van der Waals surface area contributed by atoms with Crippen LogP contribution in [0.5, 0.6) is 17.2 Å². The predicted molar refractivity (Wildman–Crippen MR) is 116 cm³/mol. The van der Waals surface area contributed by atoms with E-state index in [1.165, 1.54) is 18.9 Å². The first-order valence-electron chi connectivity index (χ1n) is 8.73. The van der Waals surface area contributed by atoms with Crippen molar-refractivity contribution in [1.82, 2.24) is 5.32 Å². The number of ether oxygens (including phenoxy) is 3. The van der Waals surface area contributed by atoms with E-state index < -0.39 is 0 Å². The van der Waals surface area contributed by atoms with E-state index in [0.717, 1.165) is 5.56 Å². The van der Waals surface area contributed by atoms with Gasteiger partial charge in [0.2, 0.25) is 5.91 Å². The Morgan fingerprint density at radius 3 is 2.52 bits per heavy atom. The summed E-state index contributed by atoms with van der Waals surface area (Å²) in [7, 11) is 3.10. The Hall–Kier alpha value is -2.78. The second-order valence-corrected chi connectivity index (χ2v) is 8.02. The molecule has 7 nitrogen and oxygen atoms in total. The molecular weight excluding hydrogens is 412 g/mol. The maximum Gasteiger partial charge on any atom is 0.262 e. The summed E-state index contributed by atoms with van der Waals surface area (Å²) >= 11 is 6.36. The van der Waals surface area contributed by atoms with Crippen molar-refractivity contribution < 1.29 is 23.8 Å². The van der Waals surface area contributed by atoms with Gasteiger partial charge in [-0.1, -0.05) is 30.0 Å². The molecule has 0 spiro atoms. The quantitative estimate of drug-likeness (QED) is 0.621. The van der Waals surface area contributed by atoms with Crippen molar-refractivity contribution in [2.75, 3.05) is 26.1 Å². The van der Waals surface area contributed by atoms with Gasteiger partial charge in [-0.05, 0) is 48.4 Å². The molecule has 2 aromatic rings. The Kier molecular flexibility index (Phi) is 6.95. The van der Waals surface area contributed by atoms with Crippen molar-refractivity contribution in [3.63, 3.8) is 0 Å². The van der Waals surface area contributed by atoms with E-state index in [-0.39, 0.29) is 23.7 Å². The largest absolute Gasteiger partial charge is 0.497 e. The molecule has 1 aliphatic heterocycles. The monoisotopic (exact) mass is 432 g/mol. The number of nitrogens with one attached hydrogen (secondary N) is 2. The third kappa shape index (κ3) is 5.61. The van der Waals surface area contributed by atoms with E-state index in [1.54, 1.807) is 43.5 Å². The van der Waals surface area contributed by atoms with Crippen molar-refractivity contribution in [3.05, 3.63) is 48.0 Å². The molecule has 2 amide bonds. The average molecular weight is 433 g/mol. The molecule has 1 unspecified atom stereocenters. The fourth-order valence-corrected chi connectivity index (χ4v) is 4.02. The van der Waals surface area contributed by atoms with Gasteiger partial charge in [0.05, 0.1) is 19.5 Å². The highest BCUT2D eigenvalue weighted by Crippen LogP contribution is 2.31. The van der Waals surface area contributed by atoms with Gasteiger partial charge in [0, 0.05) is 5.69 Å². The Morgan fingerprint density at radius 1 is 1.14 bits per heavy atom. The lowest BCUT2D eigenvalue weighted by molar-refractivity contribution is -0.119. The van der Waals surface area contributed by atoms with Crippen LogP contribution in [0.4, 0.5) is 5.69 Å². The Balaban J connectivity index is 1.57. The molecule has 1 aliphatic rings. The van der Waals surface area contributed by atoms with Crippen LogP contribution in [0.25, 0.3) is 0 Å². The number of anilines is 1. The van der Waals surface area contributed by atoms with Gasteiger partial charge in [0.25, 0.3) is 5.91 Å². The van der Waals surface area contributed by atoms with Crippen LogP contribution < -0.4 is 24.8 Å². The molecule has 0 saturated carbocycles. The van der Waals surface area contributed by atoms with Crippen molar-refractivity contribution in [3.8, 4) is 17.2 Å². The summed E-state index contributed by atoms with van der Waals surface area (Å²) in [4.78, 5) is 24.0. The molecule has 3 rings (SSSR count). The fraction of sp³-hybridized carbons (Fsp3) is 0.250. The molecule has 1 saturated heterocycles. The maximum atomic E-state index is 12.1. The summed E-state index contributed by atoms with van der Waals surface area (Å²) in [5, 5.41) is 5.13. The van der Waals surface area contributed by atoms with Gasteiger partial charge in [-0.15, -0.1) is 0 Å². The van der Waals surface area contributed by atoms with Gasteiger partial charge in [0.1, 0.15) is 10.1 Å². The van der Waals surface area contributed by atoms with Gasteiger partial charge >= 0.3 is 0 Å². The Labute approximate surface area is 178 Å². The second-order valence-electron chi connectivity index (χ2n) is 6.14. The van der Waals surface area contributed by atoms with Gasteiger partial charge in [-0.2, -0.15) is 0 Å². The van der Waals surface area contributed by atoms with E-state index in [4.69, 9.17) is 26.4 Å². The lowest BCUT2D eigenvalue weighted by atomic mass is 10.1. The van der Waals surface area contributed by atoms with Crippen molar-refractivity contribution in [2.24, 2.45) is 0 Å². The lowest BCUT2D eigenvalue weighted by Gasteiger charge is -2.13. The Morgan fingerprint density at radius 2 is 1.90 bits per heavy atom. The second kappa shape index (κ2) is 9.62. The number of thioether (sulfide) groups is 1. The van der Waals surface area contributed by atoms with Crippen LogP contribution in [0, 0.1) is 0 Å². The third-order valence-electron chi connectivity index (χ3n) is 4.15. The highest BCUT2D eigenvalue weighted by molar-refractivity contribution is 8.24. The first-order chi connectivity index (χ1) is 14.0. The number of hydrogen-bond acceptors (Lipinski definition) is 7. The normalized spacial score (nSPS) is 15.6. The number of rotatable bonds is 8. The molecule has 1 fully saturated rings. The van der Waals surface area contributed by atoms with E-state index in [1.807, 2.05) is 6.07 Å². The lowest BCUT2D eigenvalue weighted by Crippen LogP contribution is -2.25. The zero-order valence-corrected chi connectivity index (χ0v) is 17.5. The minimum Gasteiger partial charge on any atom is -0.497 e. The van der Waals surface area contributed by atoms with Gasteiger partial charge in [-0.25, -0.2) is 0 Å². The van der Waals surface area contributed by atoms with Crippen LogP contribution in [-0.2, 0) is 16.0 Å². The van der Waals surface area contributed by atoms with Crippen molar-refractivity contribution in [1.29, 1.82) is 0 Å². The zero-order chi connectivity index (χ0) is 20.8. The van der Waals surface area contributed by atoms with Crippen molar-refractivity contribution in [2.45, 2.75) is 11.7 Å². The van der Waals surface area contributed by atoms with E-state index >= 15 is 0 Å². The zero-order valence-electron chi connectivity index (χ0n) is 15.9. The summed E-state index contributed by atoms with van der Waals surface area (Å²) in [6.45, 7) is -0.170. The molecule has 0 bridgehead atoms. The number of methoxy groups -OCH3 is 2. The summed E-state index contributed by atoms with van der Waals surface area (Å²) in [6.07, 6.45) is 0.519. The molecule has 29 heavy (non-hydrogen) atoms. The molecular formula is C20H20N2O5S2. The summed E-state index contributed by atoms with van der Waals surface area (Å²) in [6, 6.07) is 12.4. The number of hydrogen-bond donors (Lipinski definition) is 2. The van der Waals surface area contributed by atoms with E-state index in [2.05, 4.69) is 10.6 Å². The van der Waals surface area contributed by atoms with Crippen LogP contribution in [0.15, 0.2) is 42.5 Å². The topological polar surface area (TPSA) is 85.9 Å². The number of carbonyl (C=O) groups is 2. The van der Waals surface area contributed by atoms with Gasteiger partial charge in [0.15, 0.2) is 18.1 Å². The highest BCUT2D eigenvalue weighted by Gasteiger charge is 2.29. The van der Waals surface area contributed by atoms with Crippen LogP contribution >= 0.6 is 24.0 Å². The minimum atomic E-state index is -0.297. The third-order valence-corrected chi connectivity index (χ3v) is 5.52. The molecule has 2 N–H and O–H groups in total. The maximum absolute atomic E-state index is 12.1. The molecule has 152 valence electrons. The standard InChI is InChI=1S/C20H20N2O5S2/c1-25-14-6-4-13(5-7-14)21-18(23)11-27-15-8-3-12(9-16(15)26-2)10-17-19(24)22-20(28)29-17/h3-9,17H,10-11H2,1-2H3,(H,21,23)(H,22,24,28). The van der Waals surface area contributed by atoms with E-state index in [0.29, 0.717) is 33.7 Å². The van der Waals surface area contributed by atoms with E-state index in [9.17, 15) is 9.59 Å². The summed E-state index contributed by atoms with van der Waals surface area (Å²) in [5.41, 5.74) is 1.56. The SMILES string of the molecule is COc1ccc(NC(=O)COc2ccc(CC3SC(=S)NC3=O)cc2OC)cc1. The Bertz CT molecular complexity index is 918. The first kappa shape index (κ1) is 20.9. The van der Waals surface area contributed by atoms with Gasteiger partial charge in [-0.3, -0.25) is 9.59 Å². The van der Waals surface area contributed by atoms with Crippen LogP contribution in [0.3, 0.4) is 0 Å². The van der Waals surface area contributed by atoms with Crippen LogP contribution in [0.1, 0.15) is 5.56 Å². The summed E-state index contributed by atoms with van der Waals surface area (Å²) in [5.74, 6) is 1.26. The summed E-state index contributed by atoms with van der Waals surface area (Å²) < 4.78 is 16.6. The number of benzene rings is 2. The number of amides is 2. The molecule has 0 radical (unpaired) electrons. The molecule has 0 aromatic heterocycles. The highest BCUT2D eigenvalue weighted by atomic mass is 32.2. The fourth-order valence-electron chi connectivity index (χ4n) is 2.71. The number of carbonyl (C=O) groups excluding carboxylic acids is 2. The first-order valence-corrected chi connectivity index (χ1v) is 10.0.